The van der Waals surface area contributed by atoms with Gasteiger partial charge in [-0.25, -0.2) is 9.97 Å². The normalized spacial score (nSPS) is 16.8. The van der Waals surface area contributed by atoms with Gasteiger partial charge in [0.25, 0.3) is 5.78 Å². The standard InChI is InChI=1S/C29H30N4O5S/c1-4-6-9-15-38-20-12-11-19(17-21(20)37-5-2)25-23(27(35)28(36)33(25)29-30-13-16-39-29)26(34)24-18(3)31-22-10-7-8-14-32(22)24/h7-8,10-14,16-17,25,34H,4-6,9,15H2,1-3H3. The van der Waals surface area contributed by atoms with Gasteiger partial charge in [0.2, 0.25) is 0 Å². The number of hydrogen-bond acceptors (Lipinski definition) is 8. The number of carbonyl (C=O) groups excluding carboxylic acids is 2. The Balaban J connectivity index is 1.67. The van der Waals surface area contributed by atoms with Crippen LogP contribution in [0.4, 0.5) is 5.13 Å². The zero-order valence-corrected chi connectivity index (χ0v) is 22.9. The SMILES string of the molecule is CCCCCOc1ccc(C2C(=C(O)c3c(C)nc4ccccn34)C(=O)C(=O)N2c2nccs2)cc1OCC. The lowest BCUT2D eigenvalue weighted by atomic mass is 9.96. The number of ether oxygens (including phenoxy) is 2. The number of benzene rings is 1. The Hall–Kier alpha value is -4.18. The first-order valence-corrected chi connectivity index (χ1v) is 13.9. The minimum absolute atomic E-state index is 0.0389. The number of Topliss-reactive ketones (excluding diaryl/α,β-unsaturated/α-hetero) is 1. The second kappa shape index (κ2) is 11.3. The van der Waals surface area contributed by atoms with Gasteiger partial charge in [-0.05, 0) is 50.1 Å². The van der Waals surface area contributed by atoms with Crippen LogP contribution in [0.25, 0.3) is 11.4 Å². The summed E-state index contributed by atoms with van der Waals surface area (Å²) < 4.78 is 13.6. The molecule has 5 rings (SSSR count). The highest BCUT2D eigenvalue weighted by molar-refractivity contribution is 7.14. The first-order chi connectivity index (χ1) is 19.0. The molecule has 1 saturated heterocycles. The van der Waals surface area contributed by atoms with Crippen molar-refractivity contribution in [2.45, 2.75) is 46.1 Å². The molecule has 0 saturated carbocycles. The second-order valence-corrected chi connectivity index (χ2v) is 10.0. The number of anilines is 1. The van der Waals surface area contributed by atoms with Crippen LogP contribution >= 0.6 is 11.3 Å². The summed E-state index contributed by atoms with van der Waals surface area (Å²) in [5.74, 6) is -0.772. The molecule has 4 aromatic rings. The third-order valence-corrected chi connectivity index (χ3v) is 7.36. The van der Waals surface area contributed by atoms with Gasteiger partial charge < -0.3 is 14.6 Å². The summed E-state index contributed by atoms with van der Waals surface area (Å²) in [4.78, 5) is 37.1. The van der Waals surface area contributed by atoms with Gasteiger partial charge in [-0.2, -0.15) is 0 Å². The highest BCUT2D eigenvalue weighted by Crippen LogP contribution is 2.45. The Labute approximate surface area is 230 Å². The molecule has 9 nitrogen and oxygen atoms in total. The molecular weight excluding hydrogens is 516 g/mol. The molecule has 0 aliphatic carbocycles. The number of hydrogen-bond donors (Lipinski definition) is 1. The topological polar surface area (TPSA) is 106 Å². The highest BCUT2D eigenvalue weighted by Gasteiger charge is 2.48. The minimum atomic E-state index is -0.932. The van der Waals surface area contributed by atoms with Crippen LogP contribution in [0.2, 0.25) is 0 Å². The molecule has 1 aliphatic rings. The van der Waals surface area contributed by atoms with E-state index in [0.717, 1.165) is 19.3 Å². The van der Waals surface area contributed by atoms with E-state index in [4.69, 9.17) is 9.47 Å². The molecule has 10 heteroatoms. The summed E-state index contributed by atoms with van der Waals surface area (Å²) in [6.07, 6.45) is 6.40. The number of amides is 1. The van der Waals surface area contributed by atoms with Crippen LogP contribution in [-0.4, -0.2) is 44.4 Å². The summed E-state index contributed by atoms with van der Waals surface area (Å²) in [6.45, 7) is 6.73. The van der Waals surface area contributed by atoms with Crippen molar-refractivity contribution >= 4 is 39.6 Å². The van der Waals surface area contributed by atoms with Crippen LogP contribution in [-0.2, 0) is 9.59 Å². The average Bonchev–Trinajstić information content (AvgIpc) is 3.64. The number of nitrogens with zero attached hydrogens (tertiary/aromatic N) is 4. The smallest absolute Gasteiger partial charge is 0.301 e. The summed E-state index contributed by atoms with van der Waals surface area (Å²) in [6, 6.07) is 9.88. The summed E-state index contributed by atoms with van der Waals surface area (Å²) in [5, 5.41) is 13.8. The zero-order valence-electron chi connectivity index (χ0n) is 22.1. The Bertz CT molecular complexity index is 1540. The van der Waals surface area contributed by atoms with Crippen molar-refractivity contribution in [1.82, 2.24) is 14.4 Å². The average molecular weight is 547 g/mol. The first-order valence-electron chi connectivity index (χ1n) is 13.0. The molecule has 0 spiro atoms. The van der Waals surface area contributed by atoms with Gasteiger partial charge in [0.1, 0.15) is 11.3 Å². The number of pyridine rings is 1. The number of carbonyl (C=O) groups is 2. The molecule has 3 aromatic heterocycles. The second-order valence-electron chi connectivity index (χ2n) is 9.15. The van der Waals surface area contributed by atoms with Gasteiger partial charge in [0.05, 0.1) is 30.5 Å². The Morgan fingerprint density at radius 2 is 1.95 bits per heavy atom. The van der Waals surface area contributed by atoms with Gasteiger partial charge in [-0.15, -0.1) is 11.3 Å². The minimum Gasteiger partial charge on any atom is -0.505 e. The highest BCUT2D eigenvalue weighted by atomic mass is 32.1. The molecule has 4 heterocycles. The van der Waals surface area contributed by atoms with Crippen molar-refractivity contribution in [3.8, 4) is 11.5 Å². The maximum absolute atomic E-state index is 13.5. The number of aliphatic hydroxyl groups excluding tert-OH is 1. The third-order valence-electron chi connectivity index (χ3n) is 6.59. The van der Waals surface area contributed by atoms with Crippen molar-refractivity contribution in [2.24, 2.45) is 0 Å². The van der Waals surface area contributed by atoms with E-state index >= 15 is 0 Å². The summed E-state index contributed by atoms with van der Waals surface area (Å²) >= 11 is 1.24. The number of aryl methyl sites for hydroxylation is 1. The van der Waals surface area contributed by atoms with Crippen LogP contribution < -0.4 is 14.4 Å². The van der Waals surface area contributed by atoms with E-state index in [2.05, 4.69) is 16.9 Å². The largest absolute Gasteiger partial charge is 0.505 e. The van der Waals surface area contributed by atoms with Crippen molar-refractivity contribution < 1.29 is 24.2 Å². The maximum atomic E-state index is 13.5. The molecular formula is C29H30N4O5S. The van der Waals surface area contributed by atoms with Crippen molar-refractivity contribution in [3.05, 3.63) is 76.7 Å². The molecule has 1 unspecified atom stereocenters. The molecule has 1 fully saturated rings. The first kappa shape index (κ1) is 26.4. The number of aromatic nitrogens is 3. The number of aliphatic hydroxyl groups is 1. The van der Waals surface area contributed by atoms with E-state index in [1.165, 1.54) is 16.2 Å². The molecule has 1 aliphatic heterocycles. The van der Waals surface area contributed by atoms with Crippen LogP contribution in [0.15, 0.2) is 59.7 Å². The molecule has 1 N–H and O–H groups in total. The van der Waals surface area contributed by atoms with Crippen molar-refractivity contribution in [1.29, 1.82) is 0 Å². The number of unbranched alkanes of at least 4 members (excludes halogenated alkanes) is 2. The van der Waals surface area contributed by atoms with Crippen molar-refractivity contribution in [2.75, 3.05) is 18.1 Å². The van der Waals surface area contributed by atoms with Gasteiger partial charge in [0, 0.05) is 17.8 Å². The van der Waals surface area contributed by atoms with Crippen molar-refractivity contribution in [3.63, 3.8) is 0 Å². The lowest BCUT2D eigenvalue weighted by molar-refractivity contribution is -0.132. The Morgan fingerprint density at radius 3 is 2.69 bits per heavy atom. The molecule has 0 radical (unpaired) electrons. The molecule has 202 valence electrons. The zero-order chi connectivity index (χ0) is 27.5. The predicted molar refractivity (Wildman–Crippen MR) is 149 cm³/mol. The number of ketones is 1. The monoisotopic (exact) mass is 546 g/mol. The Morgan fingerprint density at radius 1 is 1.10 bits per heavy atom. The van der Waals surface area contributed by atoms with Gasteiger partial charge >= 0.3 is 5.91 Å². The van der Waals surface area contributed by atoms with E-state index in [0.29, 0.717) is 52.4 Å². The predicted octanol–water partition coefficient (Wildman–Crippen LogP) is 5.69. The van der Waals surface area contributed by atoms with Gasteiger partial charge in [-0.1, -0.05) is 31.9 Å². The quantitative estimate of drug-likeness (QED) is 0.118. The van der Waals surface area contributed by atoms with E-state index in [1.807, 2.05) is 25.1 Å². The van der Waals surface area contributed by atoms with Crippen LogP contribution in [0.3, 0.4) is 0 Å². The molecule has 0 bridgehead atoms. The van der Waals surface area contributed by atoms with Crippen LogP contribution in [0, 0.1) is 6.92 Å². The van der Waals surface area contributed by atoms with E-state index < -0.39 is 17.7 Å². The van der Waals surface area contributed by atoms with E-state index in [-0.39, 0.29) is 11.3 Å². The fraction of sp³-hybridized carbons (Fsp3) is 0.310. The molecule has 39 heavy (non-hydrogen) atoms. The summed E-state index contributed by atoms with van der Waals surface area (Å²) in [5.41, 5.74) is 2.05. The molecule has 1 amide bonds. The van der Waals surface area contributed by atoms with Crippen LogP contribution in [0.5, 0.6) is 11.5 Å². The van der Waals surface area contributed by atoms with Gasteiger partial charge in [-0.3, -0.25) is 18.9 Å². The maximum Gasteiger partial charge on any atom is 0.301 e. The number of fused-ring (bicyclic) bond motifs is 1. The third kappa shape index (κ3) is 4.87. The molecule has 1 aromatic carbocycles. The number of imidazole rings is 1. The van der Waals surface area contributed by atoms with E-state index in [1.54, 1.807) is 47.3 Å². The van der Waals surface area contributed by atoms with Crippen LogP contribution in [0.1, 0.15) is 56.1 Å². The number of thiazole rings is 1. The number of rotatable bonds is 10. The van der Waals surface area contributed by atoms with Gasteiger partial charge in [0.15, 0.2) is 22.4 Å². The fourth-order valence-electron chi connectivity index (χ4n) is 4.82. The molecule has 1 atom stereocenters. The lowest BCUT2D eigenvalue weighted by Crippen LogP contribution is -2.29. The lowest BCUT2D eigenvalue weighted by Gasteiger charge is -2.24. The Kier molecular flexibility index (Phi) is 7.65. The van der Waals surface area contributed by atoms with E-state index in [9.17, 15) is 14.7 Å². The summed E-state index contributed by atoms with van der Waals surface area (Å²) in [7, 11) is 0. The fourth-order valence-corrected chi connectivity index (χ4v) is 5.49.